The number of piperidine rings is 1. The summed E-state index contributed by atoms with van der Waals surface area (Å²) in [6, 6.07) is 0.827. The van der Waals surface area contributed by atoms with Crippen LogP contribution in [0.5, 0.6) is 0 Å². The van der Waals surface area contributed by atoms with Gasteiger partial charge in [0.15, 0.2) is 0 Å². The van der Waals surface area contributed by atoms with E-state index in [1.807, 2.05) is 0 Å². The highest BCUT2D eigenvalue weighted by Crippen LogP contribution is 2.27. The lowest BCUT2D eigenvalue weighted by molar-refractivity contribution is 0.176. The van der Waals surface area contributed by atoms with Crippen LogP contribution in [0.2, 0.25) is 0 Å². The molecular weight excluding hydrogens is 220 g/mol. The van der Waals surface area contributed by atoms with Crippen molar-refractivity contribution in [2.45, 2.75) is 64.8 Å². The van der Waals surface area contributed by atoms with Crippen molar-refractivity contribution in [3.8, 4) is 0 Å². The molecule has 1 saturated heterocycles. The fourth-order valence-corrected chi connectivity index (χ4v) is 3.79. The lowest BCUT2D eigenvalue weighted by Gasteiger charge is -2.35. The van der Waals surface area contributed by atoms with Crippen molar-refractivity contribution < 1.29 is 0 Å². The van der Waals surface area contributed by atoms with Gasteiger partial charge in [0, 0.05) is 6.04 Å². The second kappa shape index (κ2) is 7.49. The molecule has 0 radical (unpaired) electrons. The minimum absolute atomic E-state index is 0.827. The first-order chi connectivity index (χ1) is 8.83. The summed E-state index contributed by atoms with van der Waals surface area (Å²) in [6.07, 6.45) is 9.98. The molecule has 2 atom stereocenters. The molecule has 2 rings (SSSR count). The average molecular weight is 252 g/mol. The van der Waals surface area contributed by atoms with Crippen LogP contribution in [0.15, 0.2) is 0 Å². The third-order valence-corrected chi connectivity index (χ3v) is 5.26. The van der Waals surface area contributed by atoms with Crippen LogP contribution in [0.1, 0.15) is 58.8 Å². The Balaban J connectivity index is 1.67. The molecule has 106 valence electrons. The van der Waals surface area contributed by atoms with Crippen LogP contribution in [0, 0.1) is 11.8 Å². The molecule has 2 fully saturated rings. The predicted molar refractivity (Wildman–Crippen MR) is 78.9 cm³/mol. The Hall–Kier alpha value is -0.0800. The van der Waals surface area contributed by atoms with Gasteiger partial charge < -0.3 is 10.2 Å². The maximum absolute atomic E-state index is 3.91. The maximum Gasteiger partial charge on any atom is 0.00953 e. The molecular formula is C16H32N2. The van der Waals surface area contributed by atoms with Crippen LogP contribution in [0.4, 0.5) is 0 Å². The summed E-state index contributed by atoms with van der Waals surface area (Å²) in [4.78, 5) is 2.59. The van der Waals surface area contributed by atoms with E-state index in [-0.39, 0.29) is 0 Å². The third kappa shape index (κ3) is 3.96. The monoisotopic (exact) mass is 252 g/mol. The van der Waals surface area contributed by atoms with E-state index in [2.05, 4.69) is 24.1 Å². The summed E-state index contributed by atoms with van der Waals surface area (Å²) in [5.74, 6) is 1.89. The molecule has 0 bridgehead atoms. The molecule has 1 heterocycles. The average Bonchev–Trinajstić information content (AvgIpc) is 2.46. The first-order valence-corrected chi connectivity index (χ1v) is 8.29. The minimum atomic E-state index is 0.827. The smallest absolute Gasteiger partial charge is 0.00953 e. The van der Waals surface area contributed by atoms with Gasteiger partial charge in [-0.15, -0.1) is 0 Å². The van der Waals surface area contributed by atoms with Gasteiger partial charge >= 0.3 is 0 Å². The van der Waals surface area contributed by atoms with E-state index in [4.69, 9.17) is 0 Å². The van der Waals surface area contributed by atoms with Crippen LogP contribution in [0.25, 0.3) is 0 Å². The molecule has 0 spiro atoms. The van der Waals surface area contributed by atoms with Crippen molar-refractivity contribution in [1.82, 2.24) is 10.2 Å². The second-order valence-corrected chi connectivity index (χ2v) is 6.35. The number of hydrogen-bond acceptors (Lipinski definition) is 2. The van der Waals surface area contributed by atoms with Crippen molar-refractivity contribution in [3.05, 3.63) is 0 Å². The highest BCUT2D eigenvalue weighted by atomic mass is 15.1. The Labute approximate surface area is 114 Å². The molecule has 0 aromatic rings. The van der Waals surface area contributed by atoms with E-state index < -0.39 is 0 Å². The number of likely N-dealkylation sites (tertiary alicyclic amines) is 1. The molecule has 18 heavy (non-hydrogen) atoms. The molecule has 1 aliphatic carbocycles. The van der Waals surface area contributed by atoms with E-state index in [1.165, 1.54) is 71.1 Å². The SMILES string of the molecule is CCC1CCCCC1NCC1CCN(CC)CC1. The highest BCUT2D eigenvalue weighted by Gasteiger charge is 2.25. The van der Waals surface area contributed by atoms with E-state index in [0.717, 1.165) is 17.9 Å². The van der Waals surface area contributed by atoms with Gasteiger partial charge in [-0.2, -0.15) is 0 Å². The molecule has 2 heteroatoms. The molecule has 0 amide bonds. The Bertz CT molecular complexity index is 221. The van der Waals surface area contributed by atoms with Gasteiger partial charge in [-0.3, -0.25) is 0 Å². The van der Waals surface area contributed by atoms with E-state index in [1.54, 1.807) is 0 Å². The summed E-state index contributed by atoms with van der Waals surface area (Å²) in [7, 11) is 0. The van der Waals surface area contributed by atoms with Crippen molar-refractivity contribution in [2.75, 3.05) is 26.2 Å². The minimum Gasteiger partial charge on any atom is -0.313 e. The summed E-state index contributed by atoms with van der Waals surface area (Å²) < 4.78 is 0. The zero-order valence-corrected chi connectivity index (χ0v) is 12.5. The first-order valence-electron chi connectivity index (χ1n) is 8.29. The van der Waals surface area contributed by atoms with Crippen molar-refractivity contribution in [3.63, 3.8) is 0 Å². The quantitative estimate of drug-likeness (QED) is 0.808. The van der Waals surface area contributed by atoms with Crippen LogP contribution in [0.3, 0.4) is 0 Å². The van der Waals surface area contributed by atoms with Crippen molar-refractivity contribution in [1.29, 1.82) is 0 Å². The molecule has 1 saturated carbocycles. The Morgan fingerprint density at radius 3 is 2.39 bits per heavy atom. The van der Waals surface area contributed by atoms with E-state index >= 15 is 0 Å². The van der Waals surface area contributed by atoms with E-state index in [0.29, 0.717) is 0 Å². The lowest BCUT2D eigenvalue weighted by Crippen LogP contribution is -2.43. The van der Waals surface area contributed by atoms with Gasteiger partial charge in [-0.1, -0.05) is 33.1 Å². The molecule has 2 unspecified atom stereocenters. The van der Waals surface area contributed by atoms with Crippen LogP contribution in [-0.2, 0) is 0 Å². The van der Waals surface area contributed by atoms with Gasteiger partial charge in [-0.05, 0) is 63.7 Å². The summed E-state index contributed by atoms with van der Waals surface area (Å²) in [5, 5.41) is 3.91. The fourth-order valence-electron chi connectivity index (χ4n) is 3.79. The van der Waals surface area contributed by atoms with Gasteiger partial charge in [-0.25, -0.2) is 0 Å². The van der Waals surface area contributed by atoms with Gasteiger partial charge in [0.1, 0.15) is 0 Å². The number of nitrogens with zero attached hydrogens (tertiary/aromatic N) is 1. The first kappa shape index (κ1) is 14.3. The van der Waals surface area contributed by atoms with Gasteiger partial charge in [0.05, 0.1) is 0 Å². The molecule has 1 aliphatic heterocycles. The molecule has 0 aromatic heterocycles. The normalized spacial score (nSPS) is 31.7. The molecule has 2 nitrogen and oxygen atoms in total. The van der Waals surface area contributed by atoms with E-state index in [9.17, 15) is 0 Å². The largest absolute Gasteiger partial charge is 0.313 e. The Morgan fingerprint density at radius 1 is 1.00 bits per heavy atom. The topological polar surface area (TPSA) is 15.3 Å². The highest BCUT2D eigenvalue weighted by molar-refractivity contribution is 4.82. The predicted octanol–water partition coefficient (Wildman–Crippen LogP) is 3.28. The van der Waals surface area contributed by atoms with Crippen LogP contribution < -0.4 is 5.32 Å². The van der Waals surface area contributed by atoms with Gasteiger partial charge in [0.2, 0.25) is 0 Å². The standard InChI is InChI=1S/C16H32N2/c1-3-15-7-5-6-8-16(15)17-13-14-9-11-18(4-2)12-10-14/h14-17H,3-13H2,1-2H3. The Morgan fingerprint density at radius 2 is 1.72 bits per heavy atom. The summed E-state index contributed by atoms with van der Waals surface area (Å²) in [6.45, 7) is 9.81. The molecule has 0 aromatic carbocycles. The molecule has 2 aliphatic rings. The van der Waals surface area contributed by atoms with Crippen molar-refractivity contribution in [2.24, 2.45) is 11.8 Å². The van der Waals surface area contributed by atoms with Crippen LogP contribution >= 0.6 is 0 Å². The number of nitrogens with one attached hydrogen (secondary N) is 1. The summed E-state index contributed by atoms with van der Waals surface area (Å²) in [5.41, 5.74) is 0. The Kier molecular flexibility index (Phi) is 5.97. The fraction of sp³-hybridized carbons (Fsp3) is 1.00. The number of rotatable bonds is 5. The third-order valence-electron chi connectivity index (χ3n) is 5.26. The number of hydrogen-bond donors (Lipinski definition) is 1. The molecule has 1 N–H and O–H groups in total. The zero-order chi connectivity index (χ0) is 12.8. The van der Waals surface area contributed by atoms with Crippen molar-refractivity contribution >= 4 is 0 Å². The second-order valence-electron chi connectivity index (χ2n) is 6.35. The lowest BCUT2D eigenvalue weighted by atomic mass is 9.82. The summed E-state index contributed by atoms with van der Waals surface area (Å²) >= 11 is 0. The van der Waals surface area contributed by atoms with Crippen LogP contribution in [-0.4, -0.2) is 37.1 Å². The zero-order valence-electron chi connectivity index (χ0n) is 12.5. The maximum atomic E-state index is 3.91. The van der Waals surface area contributed by atoms with Gasteiger partial charge in [0.25, 0.3) is 0 Å².